The molecule has 1 heterocycles. The van der Waals surface area contributed by atoms with Gasteiger partial charge >= 0.3 is 0 Å². The molecular weight excluding hydrogens is 282 g/mol. The van der Waals surface area contributed by atoms with Gasteiger partial charge in [0.1, 0.15) is 5.88 Å². The van der Waals surface area contributed by atoms with Crippen LogP contribution in [-0.4, -0.2) is 23.2 Å². The summed E-state index contributed by atoms with van der Waals surface area (Å²) >= 11 is 5.84. The zero-order valence-electron chi connectivity index (χ0n) is 12.1. The molecule has 1 atom stereocenters. The number of benzene rings is 2. The number of halogens is 1. The molecule has 3 rings (SSSR count). The lowest BCUT2D eigenvalue weighted by Crippen LogP contribution is -2.52. The standard InChI is InChI=1S/C18H18ClNO/c1-18(15-8-3-2-4-9-15)16-10-6-5-7-14(16)11-12-20(18)17(21)13-19/h2-10H,11-13H2,1H3. The van der Waals surface area contributed by atoms with E-state index < -0.39 is 5.54 Å². The monoisotopic (exact) mass is 299 g/mol. The third-order valence-corrected chi connectivity index (χ3v) is 4.67. The number of fused-ring (bicyclic) bond motifs is 1. The summed E-state index contributed by atoms with van der Waals surface area (Å²) in [4.78, 5) is 14.3. The van der Waals surface area contributed by atoms with E-state index in [9.17, 15) is 4.79 Å². The number of carbonyl (C=O) groups is 1. The summed E-state index contributed by atoms with van der Waals surface area (Å²) in [6.07, 6.45) is 0.876. The van der Waals surface area contributed by atoms with Gasteiger partial charge in [-0.2, -0.15) is 0 Å². The van der Waals surface area contributed by atoms with E-state index in [0.717, 1.165) is 12.0 Å². The number of hydrogen-bond donors (Lipinski definition) is 0. The molecule has 0 saturated heterocycles. The molecule has 2 aromatic carbocycles. The molecule has 1 unspecified atom stereocenters. The Kier molecular flexibility index (Phi) is 3.73. The lowest BCUT2D eigenvalue weighted by molar-refractivity contribution is -0.133. The molecule has 0 fully saturated rings. The average molecular weight is 300 g/mol. The van der Waals surface area contributed by atoms with Crippen molar-refractivity contribution in [2.75, 3.05) is 12.4 Å². The van der Waals surface area contributed by atoms with Crippen molar-refractivity contribution in [2.45, 2.75) is 18.9 Å². The minimum atomic E-state index is -0.456. The number of nitrogens with zero attached hydrogens (tertiary/aromatic N) is 1. The van der Waals surface area contributed by atoms with E-state index in [4.69, 9.17) is 11.6 Å². The van der Waals surface area contributed by atoms with Crippen LogP contribution in [0.5, 0.6) is 0 Å². The van der Waals surface area contributed by atoms with Crippen molar-refractivity contribution in [3.63, 3.8) is 0 Å². The maximum Gasteiger partial charge on any atom is 0.238 e. The fourth-order valence-electron chi connectivity index (χ4n) is 3.33. The first-order chi connectivity index (χ1) is 10.2. The third kappa shape index (κ3) is 2.24. The smallest absolute Gasteiger partial charge is 0.238 e. The largest absolute Gasteiger partial charge is 0.328 e. The Morgan fingerprint density at radius 1 is 1.14 bits per heavy atom. The number of amides is 1. The highest BCUT2D eigenvalue weighted by molar-refractivity contribution is 6.27. The SMILES string of the molecule is CC1(c2ccccc2)c2ccccc2CCN1C(=O)CCl. The molecular formula is C18H18ClNO. The van der Waals surface area contributed by atoms with E-state index >= 15 is 0 Å². The molecule has 0 saturated carbocycles. The van der Waals surface area contributed by atoms with Gasteiger partial charge in [-0.3, -0.25) is 4.79 Å². The Morgan fingerprint density at radius 2 is 1.81 bits per heavy atom. The average Bonchev–Trinajstić information content (AvgIpc) is 2.55. The van der Waals surface area contributed by atoms with Gasteiger partial charge in [-0.05, 0) is 30.0 Å². The molecule has 2 nitrogen and oxygen atoms in total. The van der Waals surface area contributed by atoms with Crippen LogP contribution < -0.4 is 0 Å². The zero-order valence-corrected chi connectivity index (χ0v) is 12.8. The van der Waals surface area contributed by atoms with Crippen molar-refractivity contribution in [1.82, 2.24) is 4.90 Å². The van der Waals surface area contributed by atoms with Crippen molar-refractivity contribution >= 4 is 17.5 Å². The van der Waals surface area contributed by atoms with Crippen LogP contribution in [0.3, 0.4) is 0 Å². The molecule has 108 valence electrons. The summed E-state index contributed by atoms with van der Waals surface area (Å²) in [6, 6.07) is 18.6. The Balaban J connectivity index is 2.21. The topological polar surface area (TPSA) is 20.3 Å². The summed E-state index contributed by atoms with van der Waals surface area (Å²) in [6.45, 7) is 2.82. The van der Waals surface area contributed by atoms with Crippen LogP contribution in [0, 0.1) is 0 Å². The minimum absolute atomic E-state index is 0.0162. The second-order valence-corrected chi connectivity index (χ2v) is 5.79. The van der Waals surface area contributed by atoms with Gasteiger partial charge in [-0.15, -0.1) is 11.6 Å². The molecule has 0 bridgehead atoms. The van der Waals surface area contributed by atoms with Gasteiger partial charge in [-0.25, -0.2) is 0 Å². The lowest BCUT2D eigenvalue weighted by atomic mass is 9.77. The quantitative estimate of drug-likeness (QED) is 0.776. The van der Waals surface area contributed by atoms with E-state index in [-0.39, 0.29) is 11.8 Å². The first-order valence-corrected chi connectivity index (χ1v) is 7.71. The van der Waals surface area contributed by atoms with Crippen molar-refractivity contribution in [2.24, 2.45) is 0 Å². The molecule has 1 aliphatic rings. The van der Waals surface area contributed by atoms with E-state index in [2.05, 4.69) is 37.3 Å². The molecule has 0 radical (unpaired) electrons. The fraction of sp³-hybridized carbons (Fsp3) is 0.278. The molecule has 1 aliphatic heterocycles. The Morgan fingerprint density at radius 3 is 2.52 bits per heavy atom. The molecule has 0 N–H and O–H groups in total. The molecule has 0 spiro atoms. The van der Waals surface area contributed by atoms with Crippen LogP contribution in [-0.2, 0) is 16.8 Å². The first kappa shape index (κ1) is 14.2. The van der Waals surface area contributed by atoms with Gasteiger partial charge < -0.3 is 4.90 Å². The summed E-state index contributed by atoms with van der Waals surface area (Å²) in [5, 5.41) is 0. The van der Waals surface area contributed by atoms with Crippen molar-refractivity contribution < 1.29 is 4.79 Å². The molecule has 3 heteroatoms. The van der Waals surface area contributed by atoms with Gasteiger partial charge in [-0.1, -0.05) is 54.6 Å². The second kappa shape index (κ2) is 5.53. The van der Waals surface area contributed by atoms with Gasteiger partial charge in [0.05, 0.1) is 5.54 Å². The highest BCUT2D eigenvalue weighted by Gasteiger charge is 2.41. The Labute approximate surface area is 130 Å². The van der Waals surface area contributed by atoms with Gasteiger partial charge in [0, 0.05) is 6.54 Å². The Bertz CT molecular complexity index is 655. The number of carbonyl (C=O) groups excluding carboxylic acids is 1. The number of rotatable bonds is 2. The molecule has 21 heavy (non-hydrogen) atoms. The summed E-state index contributed by atoms with van der Waals surface area (Å²) in [5.74, 6) is 0.00226. The van der Waals surface area contributed by atoms with Gasteiger partial charge in [0.15, 0.2) is 0 Å². The molecule has 0 aliphatic carbocycles. The second-order valence-electron chi connectivity index (χ2n) is 5.52. The van der Waals surface area contributed by atoms with E-state index in [1.807, 2.05) is 29.2 Å². The highest BCUT2D eigenvalue weighted by Crippen LogP contribution is 2.40. The Hall–Kier alpha value is -1.80. The van der Waals surface area contributed by atoms with Crippen LogP contribution in [0.2, 0.25) is 0 Å². The van der Waals surface area contributed by atoms with Crippen LogP contribution in [0.1, 0.15) is 23.6 Å². The lowest BCUT2D eigenvalue weighted by Gasteiger charge is -2.46. The van der Waals surface area contributed by atoms with Crippen LogP contribution in [0.15, 0.2) is 54.6 Å². The van der Waals surface area contributed by atoms with E-state index in [1.165, 1.54) is 11.1 Å². The maximum atomic E-state index is 12.4. The molecule has 1 amide bonds. The van der Waals surface area contributed by atoms with E-state index in [1.54, 1.807) is 0 Å². The molecule has 2 aromatic rings. The minimum Gasteiger partial charge on any atom is -0.328 e. The van der Waals surface area contributed by atoms with Crippen molar-refractivity contribution in [3.05, 3.63) is 71.3 Å². The predicted molar refractivity (Wildman–Crippen MR) is 85.5 cm³/mol. The summed E-state index contributed by atoms with van der Waals surface area (Å²) in [5.41, 5.74) is 3.17. The van der Waals surface area contributed by atoms with Crippen LogP contribution >= 0.6 is 11.6 Å². The summed E-state index contributed by atoms with van der Waals surface area (Å²) < 4.78 is 0. The van der Waals surface area contributed by atoms with E-state index in [0.29, 0.717) is 6.54 Å². The maximum absolute atomic E-state index is 12.4. The highest BCUT2D eigenvalue weighted by atomic mass is 35.5. The molecule has 0 aromatic heterocycles. The van der Waals surface area contributed by atoms with Crippen LogP contribution in [0.25, 0.3) is 0 Å². The fourth-order valence-corrected chi connectivity index (χ4v) is 3.48. The number of hydrogen-bond acceptors (Lipinski definition) is 1. The first-order valence-electron chi connectivity index (χ1n) is 7.18. The van der Waals surface area contributed by atoms with Gasteiger partial charge in [0.2, 0.25) is 5.91 Å². The predicted octanol–water partition coefficient (Wildman–Crippen LogP) is 3.57. The normalized spacial score (nSPS) is 21.0. The zero-order chi connectivity index (χ0) is 14.9. The van der Waals surface area contributed by atoms with Crippen molar-refractivity contribution in [3.8, 4) is 0 Å². The van der Waals surface area contributed by atoms with Crippen LogP contribution in [0.4, 0.5) is 0 Å². The number of alkyl halides is 1. The van der Waals surface area contributed by atoms with Gasteiger partial charge in [0.25, 0.3) is 0 Å². The van der Waals surface area contributed by atoms with Crippen molar-refractivity contribution in [1.29, 1.82) is 0 Å². The third-order valence-electron chi connectivity index (χ3n) is 4.44. The summed E-state index contributed by atoms with van der Waals surface area (Å²) in [7, 11) is 0.